The number of aromatic nitrogens is 3. The molecule has 1 saturated carbocycles. The average molecular weight is 395 g/mol. The molecule has 0 spiro atoms. The van der Waals surface area contributed by atoms with E-state index in [1.54, 1.807) is 6.20 Å². The van der Waals surface area contributed by atoms with Crippen LogP contribution in [0.3, 0.4) is 0 Å². The topological polar surface area (TPSA) is 88.9 Å². The zero-order chi connectivity index (χ0) is 20.7. The third-order valence-electron chi connectivity index (χ3n) is 4.85. The van der Waals surface area contributed by atoms with Crippen molar-refractivity contribution in [2.24, 2.45) is 0 Å². The van der Waals surface area contributed by atoms with E-state index in [2.05, 4.69) is 15.7 Å². The van der Waals surface area contributed by atoms with Crippen LogP contribution in [-0.4, -0.2) is 26.6 Å². The van der Waals surface area contributed by atoms with E-state index in [-0.39, 0.29) is 17.6 Å². The quantitative estimate of drug-likeness (QED) is 0.676. The van der Waals surface area contributed by atoms with Crippen molar-refractivity contribution in [2.75, 3.05) is 10.6 Å². The molecule has 7 nitrogen and oxygen atoms in total. The molecule has 29 heavy (non-hydrogen) atoms. The lowest BCUT2D eigenvalue weighted by atomic mass is 10.1. The number of anilines is 2. The predicted octanol–water partition coefficient (Wildman–Crippen LogP) is 4.24. The van der Waals surface area contributed by atoms with Crippen LogP contribution in [0.4, 0.5) is 15.8 Å². The highest BCUT2D eigenvalue weighted by Gasteiger charge is 2.28. The molecule has 1 fully saturated rings. The molecule has 150 valence electrons. The molecule has 0 atom stereocenters. The third-order valence-corrected chi connectivity index (χ3v) is 4.85. The number of hydrogen-bond donors (Lipinski definition) is 2. The minimum Gasteiger partial charge on any atom is -0.324 e. The van der Waals surface area contributed by atoms with Gasteiger partial charge in [0.15, 0.2) is 5.65 Å². The molecule has 0 unspecified atom stereocenters. The van der Waals surface area contributed by atoms with Crippen molar-refractivity contribution in [1.82, 2.24) is 14.8 Å². The average Bonchev–Trinajstić information content (AvgIpc) is 3.42. The predicted molar refractivity (Wildman–Crippen MR) is 109 cm³/mol. The number of halogens is 1. The van der Waals surface area contributed by atoms with E-state index in [0.717, 1.165) is 18.5 Å². The fraction of sp³-hybridized carbons (Fsp3) is 0.333. The van der Waals surface area contributed by atoms with Crippen LogP contribution in [0.25, 0.3) is 11.0 Å². The lowest BCUT2D eigenvalue weighted by Gasteiger charge is -2.12. The number of fused-ring (bicyclic) bond motifs is 1. The first-order valence-electron chi connectivity index (χ1n) is 9.60. The SMILES string of the molecule is CC(=O)Nc1cc(NC(=O)c2cc(C3CC3)nc3c2cnn3C(C)C)ccc1F. The number of benzene rings is 1. The second-order valence-corrected chi connectivity index (χ2v) is 7.62. The summed E-state index contributed by atoms with van der Waals surface area (Å²) in [5.74, 6) is -0.918. The van der Waals surface area contributed by atoms with Crippen LogP contribution in [-0.2, 0) is 4.79 Å². The van der Waals surface area contributed by atoms with Gasteiger partial charge in [0.05, 0.1) is 22.8 Å². The molecule has 0 radical (unpaired) electrons. The van der Waals surface area contributed by atoms with E-state index >= 15 is 0 Å². The summed E-state index contributed by atoms with van der Waals surface area (Å²) in [6, 6.07) is 5.99. The Morgan fingerprint density at radius 1 is 1.21 bits per heavy atom. The van der Waals surface area contributed by atoms with Gasteiger partial charge in [-0.3, -0.25) is 9.59 Å². The van der Waals surface area contributed by atoms with Gasteiger partial charge in [0, 0.05) is 30.3 Å². The maximum absolute atomic E-state index is 13.9. The van der Waals surface area contributed by atoms with Gasteiger partial charge in [-0.25, -0.2) is 14.1 Å². The Morgan fingerprint density at radius 2 is 1.97 bits per heavy atom. The van der Waals surface area contributed by atoms with E-state index < -0.39 is 11.7 Å². The number of nitrogens with one attached hydrogen (secondary N) is 2. The minimum atomic E-state index is -0.571. The molecule has 0 saturated heterocycles. The second-order valence-electron chi connectivity index (χ2n) is 7.62. The lowest BCUT2D eigenvalue weighted by Crippen LogP contribution is -2.15. The molecule has 4 rings (SSSR count). The molecular formula is C21H22FN5O2. The Kier molecular flexibility index (Phi) is 4.77. The van der Waals surface area contributed by atoms with E-state index in [4.69, 9.17) is 4.98 Å². The molecule has 2 N–H and O–H groups in total. The molecule has 3 aromatic rings. The molecule has 2 amide bonds. The second kappa shape index (κ2) is 7.27. The minimum absolute atomic E-state index is 0.0153. The van der Waals surface area contributed by atoms with Gasteiger partial charge < -0.3 is 10.6 Å². The number of hydrogen-bond acceptors (Lipinski definition) is 4. The van der Waals surface area contributed by atoms with Gasteiger partial charge in [-0.1, -0.05) is 0 Å². The molecule has 0 aliphatic heterocycles. The summed E-state index contributed by atoms with van der Waals surface area (Å²) in [6.45, 7) is 5.32. The molecule has 1 aliphatic rings. The Labute approximate surface area is 167 Å². The van der Waals surface area contributed by atoms with Crippen LogP contribution in [0.2, 0.25) is 0 Å². The normalized spacial score (nSPS) is 13.7. The summed E-state index contributed by atoms with van der Waals surface area (Å²) >= 11 is 0. The first-order chi connectivity index (χ1) is 13.8. The van der Waals surface area contributed by atoms with Crippen LogP contribution in [0.5, 0.6) is 0 Å². The van der Waals surface area contributed by atoms with Gasteiger partial charge in [0.2, 0.25) is 5.91 Å². The molecule has 2 heterocycles. The number of carbonyl (C=O) groups excluding carboxylic acids is 2. The molecule has 0 bridgehead atoms. The largest absolute Gasteiger partial charge is 0.324 e. The van der Waals surface area contributed by atoms with Crippen molar-refractivity contribution in [1.29, 1.82) is 0 Å². The van der Waals surface area contributed by atoms with E-state index in [1.807, 2.05) is 24.6 Å². The maximum atomic E-state index is 13.9. The zero-order valence-corrected chi connectivity index (χ0v) is 16.5. The van der Waals surface area contributed by atoms with Gasteiger partial charge in [-0.15, -0.1) is 0 Å². The Morgan fingerprint density at radius 3 is 2.62 bits per heavy atom. The number of nitrogens with zero attached hydrogens (tertiary/aromatic N) is 3. The van der Waals surface area contributed by atoms with Gasteiger partial charge in [0.25, 0.3) is 5.91 Å². The number of pyridine rings is 1. The highest BCUT2D eigenvalue weighted by atomic mass is 19.1. The Bertz CT molecular complexity index is 1120. The van der Waals surface area contributed by atoms with Crippen LogP contribution >= 0.6 is 0 Å². The van der Waals surface area contributed by atoms with Crippen molar-refractivity contribution >= 4 is 34.2 Å². The van der Waals surface area contributed by atoms with Gasteiger partial charge >= 0.3 is 0 Å². The molecule has 2 aromatic heterocycles. The smallest absolute Gasteiger partial charge is 0.256 e. The van der Waals surface area contributed by atoms with Gasteiger partial charge in [-0.2, -0.15) is 5.10 Å². The summed E-state index contributed by atoms with van der Waals surface area (Å²) in [5, 5.41) is 10.3. The standard InChI is InChI=1S/C21H22FN5O2/c1-11(2)27-20-16(10-23-27)15(9-18(26-20)13-4-5-13)21(29)25-14-6-7-17(22)19(8-14)24-12(3)28/h6-11,13H,4-5H2,1-3H3,(H,24,28)(H,25,29). The molecule has 1 aliphatic carbocycles. The maximum Gasteiger partial charge on any atom is 0.256 e. The molecular weight excluding hydrogens is 373 g/mol. The summed E-state index contributed by atoms with van der Waals surface area (Å²) in [4.78, 5) is 29.1. The first kappa shape index (κ1) is 19.0. The van der Waals surface area contributed by atoms with Gasteiger partial charge in [-0.05, 0) is 51.0 Å². The number of amides is 2. The first-order valence-corrected chi connectivity index (χ1v) is 9.60. The van der Waals surface area contributed by atoms with Crippen LogP contribution < -0.4 is 10.6 Å². The highest BCUT2D eigenvalue weighted by Crippen LogP contribution is 2.40. The Balaban J connectivity index is 1.71. The lowest BCUT2D eigenvalue weighted by molar-refractivity contribution is -0.114. The molecule has 8 heteroatoms. The third kappa shape index (κ3) is 3.83. The van der Waals surface area contributed by atoms with Crippen LogP contribution in [0.15, 0.2) is 30.5 Å². The number of carbonyl (C=O) groups is 2. The van der Waals surface area contributed by atoms with Gasteiger partial charge in [0.1, 0.15) is 5.82 Å². The van der Waals surface area contributed by atoms with Crippen LogP contribution in [0, 0.1) is 5.82 Å². The zero-order valence-electron chi connectivity index (χ0n) is 16.5. The van der Waals surface area contributed by atoms with Crippen molar-refractivity contribution in [3.63, 3.8) is 0 Å². The van der Waals surface area contributed by atoms with Crippen molar-refractivity contribution in [2.45, 2.75) is 45.6 Å². The van der Waals surface area contributed by atoms with E-state index in [1.165, 1.54) is 25.1 Å². The monoisotopic (exact) mass is 395 g/mol. The summed E-state index contributed by atoms with van der Waals surface area (Å²) in [6.07, 6.45) is 3.78. The van der Waals surface area contributed by atoms with Crippen LogP contribution in [0.1, 0.15) is 61.6 Å². The summed E-state index contributed by atoms with van der Waals surface area (Å²) < 4.78 is 15.7. The Hall–Kier alpha value is -3.29. The van der Waals surface area contributed by atoms with E-state index in [9.17, 15) is 14.0 Å². The number of rotatable bonds is 5. The summed E-state index contributed by atoms with van der Waals surface area (Å²) in [5.41, 5.74) is 2.46. The molecule has 1 aromatic carbocycles. The fourth-order valence-electron chi connectivity index (χ4n) is 3.28. The van der Waals surface area contributed by atoms with Crippen molar-refractivity contribution < 1.29 is 14.0 Å². The van der Waals surface area contributed by atoms with E-state index in [0.29, 0.717) is 28.2 Å². The fourth-order valence-corrected chi connectivity index (χ4v) is 3.28. The van der Waals surface area contributed by atoms with Crippen molar-refractivity contribution in [3.8, 4) is 0 Å². The summed E-state index contributed by atoms with van der Waals surface area (Å²) in [7, 11) is 0. The highest BCUT2D eigenvalue weighted by molar-refractivity contribution is 6.12. The van der Waals surface area contributed by atoms with Crippen molar-refractivity contribution in [3.05, 3.63) is 47.5 Å².